The Kier molecular flexibility index (Phi) is 42.5. The maximum absolute atomic E-state index is 16.2. The van der Waals surface area contributed by atoms with Crippen LogP contribution in [0.25, 0.3) is 16.8 Å². The number of aromatic amines is 1. The number of benzene rings is 3. The van der Waals surface area contributed by atoms with Gasteiger partial charge < -0.3 is 118 Å². The van der Waals surface area contributed by atoms with Crippen molar-refractivity contribution in [3.63, 3.8) is 0 Å². The summed E-state index contributed by atoms with van der Waals surface area (Å²) in [7, 11) is 1.92. The van der Waals surface area contributed by atoms with Gasteiger partial charge >= 0.3 is 0 Å². The van der Waals surface area contributed by atoms with E-state index in [1.54, 1.807) is 96.3 Å². The number of nitrogens with two attached hydrogens (primary N) is 5. The molecule has 27 N–H and O–H groups in total. The summed E-state index contributed by atoms with van der Waals surface area (Å²) in [6, 6.07) is 1.12. The number of primary amides is 3. The van der Waals surface area contributed by atoms with Crippen molar-refractivity contribution in [2.24, 2.45) is 34.6 Å². The minimum absolute atomic E-state index is 0.00484. The Morgan fingerprint density at radius 1 is 0.600 bits per heavy atom. The van der Waals surface area contributed by atoms with Gasteiger partial charge in [0.2, 0.25) is 94.5 Å². The number of rotatable bonds is 45. The lowest BCUT2D eigenvalue weighted by atomic mass is 9.91. The van der Waals surface area contributed by atoms with Gasteiger partial charge in [0.15, 0.2) is 0 Å². The maximum atomic E-state index is 16.2. The fraction of sp³-hybridized carbons (Fsp3) is 0.573. The van der Waals surface area contributed by atoms with Crippen molar-refractivity contribution >= 4 is 133 Å². The van der Waals surface area contributed by atoms with Crippen LogP contribution < -0.4 is 108 Å². The van der Waals surface area contributed by atoms with Crippen LogP contribution in [0.4, 0.5) is 0 Å². The van der Waals surface area contributed by atoms with Gasteiger partial charge in [-0.2, -0.15) is 0 Å². The van der Waals surface area contributed by atoms with E-state index in [9.17, 15) is 63.0 Å². The second-order valence-electron chi connectivity index (χ2n) is 34.9. The molecular weight excluding hydrogens is 1720 g/mol. The van der Waals surface area contributed by atoms with E-state index in [2.05, 4.69) is 79.4 Å². The van der Waals surface area contributed by atoms with Crippen molar-refractivity contribution < 1.29 is 91.7 Å². The summed E-state index contributed by atoms with van der Waals surface area (Å²) in [5.41, 5.74) is 29.8. The molecule has 4 aromatic rings. The molecule has 2 aliphatic rings. The number of unbranched alkanes of at least 4 members (excludes halogenated alkanes) is 3. The molecule has 130 heavy (non-hydrogen) atoms. The van der Waals surface area contributed by atoms with Crippen LogP contribution in [-0.2, 0) is 96.0 Å². The molecule has 1 aliphatic heterocycles. The predicted molar refractivity (Wildman–Crippen MR) is 493 cm³/mol. The largest absolute Gasteiger partial charge is 0.492 e. The molecule has 39 nitrogen and oxygen atoms in total. The summed E-state index contributed by atoms with van der Waals surface area (Å²) in [6.07, 6.45) is 0.686. The zero-order chi connectivity index (χ0) is 96.5. The Labute approximate surface area is 765 Å². The standard InChI is InChI=1S/C89H134N20O19S2/c1-48(2)40-63(75(94)116)100-80(121)67(45-69(92)114)102-76(117)62(27-16-20-38-96-52(6)112)106-86(127)89(12,34-17-18-35-90)109-82(123)65(43-55-28-31-56-23-13-14-24-57(56)41-55)101-78(119)64(42-54-29-32-59(33-30-54)128-39-36-91)104-85(126)74-88(10,11)130-129-87(8,9)73(98-53(7)113)84(125)105-68(46-70(93)115)81(122)107-72(50(4)110)83(124)103-66(44-58-47-97-71-49(3)22-21-25-60(58)71)79(120)99-61(77(118)108-74)26-15-19-37-95-51(5)111/h13-14,21,23-25,28-33,41,47-50,61-68,72-74,85,97,104,110,126H,15-20,22,26-27,34-40,42-46,90-91H2,1-12H3,(H2,92,114)(H2,93,115)(H2,94,116)(H,95,111)(H,96,112)(H,98,113)(H,99,120)(H,100,121)(H,101,119)(H,102,117)(H,103,124)(H,105,125)(H,106,127)(H,107,122)(H,108,118)(H,109,123)/t49?,50-,61+,62+,63-,64+,65+,66+,67+,68+,72+,73-,74-,85?,89+/m1/s1. The minimum Gasteiger partial charge on any atom is -0.492 e. The fourth-order valence-corrected chi connectivity index (χ4v) is 17.9. The first-order valence-electron chi connectivity index (χ1n) is 43.9. The van der Waals surface area contributed by atoms with Crippen molar-refractivity contribution in [1.29, 1.82) is 0 Å². The van der Waals surface area contributed by atoms with Gasteiger partial charge in [-0.05, 0) is 176 Å². The summed E-state index contributed by atoms with van der Waals surface area (Å²) in [6.45, 7) is 18.8. The smallest absolute Gasteiger partial charge is 0.246 e. The molecule has 1 aliphatic carbocycles. The molecule has 0 radical (unpaired) electrons. The molecule has 2 heterocycles. The van der Waals surface area contributed by atoms with Gasteiger partial charge in [-0.3, -0.25) is 82.0 Å². The number of hydrogen-bond donors (Lipinski definition) is 22. The number of allylic oxidation sites excluding steroid dienone is 1. The lowest BCUT2D eigenvalue weighted by Gasteiger charge is -2.41. The lowest BCUT2D eigenvalue weighted by molar-refractivity contribution is -0.138. The predicted octanol–water partition coefficient (Wildman–Crippen LogP) is -0.570. The monoisotopic (exact) mass is 1850 g/mol. The fourth-order valence-electron chi connectivity index (χ4n) is 15.0. The molecule has 6 rings (SSSR count). The number of amides is 16. The third-order valence-corrected chi connectivity index (χ3v) is 26.5. The molecule has 2 unspecified atom stereocenters. The highest BCUT2D eigenvalue weighted by molar-refractivity contribution is 8.77. The summed E-state index contributed by atoms with van der Waals surface area (Å²) < 4.78 is 2.73. The second-order valence-corrected chi connectivity index (χ2v) is 38.4. The van der Waals surface area contributed by atoms with E-state index in [0.717, 1.165) is 51.9 Å². The van der Waals surface area contributed by atoms with Crippen molar-refractivity contribution in [1.82, 2.24) is 79.4 Å². The van der Waals surface area contributed by atoms with Gasteiger partial charge in [0.25, 0.3) is 0 Å². The van der Waals surface area contributed by atoms with Crippen LogP contribution in [0.3, 0.4) is 0 Å². The number of aliphatic hydroxyl groups is 2. The molecule has 1 aromatic heterocycles. The van der Waals surface area contributed by atoms with Crippen molar-refractivity contribution in [2.45, 2.75) is 286 Å². The van der Waals surface area contributed by atoms with Crippen molar-refractivity contribution in [3.8, 4) is 5.75 Å². The second kappa shape index (κ2) is 51.4. The zero-order valence-electron chi connectivity index (χ0n) is 76.1. The van der Waals surface area contributed by atoms with Crippen LogP contribution in [0.5, 0.6) is 5.75 Å². The van der Waals surface area contributed by atoms with Gasteiger partial charge in [0.05, 0.1) is 31.0 Å². The first-order valence-corrected chi connectivity index (χ1v) is 46.0. The summed E-state index contributed by atoms with van der Waals surface area (Å²) in [4.78, 5) is 231. The molecule has 3 aromatic carbocycles. The Bertz CT molecular complexity index is 4640. The van der Waals surface area contributed by atoms with E-state index in [0.29, 0.717) is 40.8 Å². The molecule has 0 bridgehead atoms. The molecule has 1 fully saturated rings. The van der Waals surface area contributed by atoms with E-state index in [-0.39, 0.29) is 133 Å². The molecule has 16 amide bonds. The molecular formula is C89H134N20O19S2. The summed E-state index contributed by atoms with van der Waals surface area (Å²) in [5, 5.41) is 64.4. The van der Waals surface area contributed by atoms with Crippen LogP contribution in [0.15, 0.2) is 79.0 Å². The number of hydrogen-bond acceptors (Lipinski definition) is 24. The molecule has 716 valence electrons. The van der Waals surface area contributed by atoms with E-state index in [1.807, 2.05) is 37.3 Å². The Balaban J connectivity index is 1.54. The number of aliphatic hydroxyl groups excluding tert-OH is 2. The Morgan fingerprint density at radius 2 is 1.18 bits per heavy atom. The van der Waals surface area contributed by atoms with E-state index in [1.165, 1.54) is 20.8 Å². The Hall–Kier alpha value is -11.2. The van der Waals surface area contributed by atoms with Crippen LogP contribution in [-0.4, -0.2) is 236 Å². The highest BCUT2D eigenvalue weighted by Gasteiger charge is 2.47. The highest BCUT2D eigenvalue weighted by Crippen LogP contribution is 2.47. The highest BCUT2D eigenvalue weighted by atomic mass is 33.1. The minimum atomic E-state index is -2.09. The van der Waals surface area contributed by atoms with E-state index >= 15 is 24.0 Å². The number of carbonyl (C=O) groups is 16. The summed E-state index contributed by atoms with van der Waals surface area (Å²) >= 11 is 0. The zero-order valence-corrected chi connectivity index (χ0v) is 77.8. The normalized spacial score (nSPS) is 20.5. The first kappa shape index (κ1) is 108. The van der Waals surface area contributed by atoms with Gasteiger partial charge in [0, 0.05) is 80.5 Å². The third-order valence-electron chi connectivity index (χ3n) is 22.2. The van der Waals surface area contributed by atoms with Gasteiger partial charge in [-0.1, -0.05) is 109 Å². The Morgan fingerprint density at radius 3 is 1.80 bits per heavy atom. The van der Waals surface area contributed by atoms with Crippen LogP contribution in [0, 0.1) is 5.92 Å². The molecule has 0 spiro atoms. The average Bonchev–Trinajstić information content (AvgIpc) is 1.30. The number of fused-ring (bicyclic) bond motifs is 2. The molecule has 0 saturated carbocycles. The van der Waals surface area contributed by atoms with Crippen LogP contribution >= 0.6 is 21.6 Å². The summed E-state index contributed by atoms with van der Waals surface area (Å²) in [5.74, 6) is -14.4. The number of carbonyl (C=O) groups excluding carboxylic acids is 16. The molecule has 15 atom stereocenters. The van der Waals surface area contributed by atoms with Gasteiger partial charge in [0.1, 0.15) is 78.5 Å². The third kappa shape index (κ3) is 34.2. The molecule has 1 saturated heterocycles. The average molecular weight is 1850 g/mol. The number of H-pyrrole nitrogens is 1. The van der Waals surface area contributed by atoms with Crippen LogP contribution in [0.1, 0.15) is 200 Å². The number of nitrogens with one attached hydrogen (secondary N) is 15. The van der Waals surface area contributed by atoms with Crippen molar-refractivity contribution in [2.75, 3.05) is 32.8 Å². The van der Waals surface area contributed by atoms with Crippen molar-refractivity contribution in [3.05, 3.63) is 107 Å². The first-order chi connectivity index (χ1) is 61.2. The topological polar surface area (TPSA) is 637 Å². The lowest BCUT2D eigenvalue weighted by Crippen LogP contribution is -2.66. The van der Waals surface area contributed by atoms with E-state index in [4.69, 9.17) is 33.4 Å². The maximum Gasteiger partial charge on any atom is 0.246 e. The quantitative estimate of drug-likeness (QED) is 0.0150. The van der Waals surface area contributed by atoms with Crippen LogP contribution in [0.2, 0.25) is 0 Å². The van der Waals surface area contributed by atoms with E-state index < -0.39 is 189 Å². The number of ether oxygens (including phenoxy) is 1. The SMILES string of the molecule is CC(=O)NCCCC[C@@H]1NC(=O)[C@H](Cc2c[nH]c3c2C=CCC3C)NC(=O)[C@H]([C@@H](C)O)NC(=O)[C@H](CC(N)=O)NC(=O)[C@@H](NC(C)=O)C(C)(C)SSC(C)(C)[C@@H](C(O)N[C@@H](Cc2ccc(OCCN)cc2)C(=O)N[C@@H](Cc2ccc3ccccc3c2)C(=O)N[C@@](C)(CCCCN)C(=O)N[C@@H](CCCCNC(C)=O)C(=O)N[C@@H](CC(N)=O)C(=O)N[C@H](CC(C)C)C(N)=O)NC1=O. The van der Waals surface area contributed by atoms with Gasteiger partial charge in [-0.25, -0.2) is 0 Å². The number of aromatic nitrogens is 1. The molecule has 41 heteroatoms. The van der Waals surface area contributed by atoms with Gasteiger partial charge in [-0.15, -0.1) is 0 Å².